The largest absolute Gasteiger partial charge is 0.335 e. The van der Waals surface area contributed by atoms with E-state index in [9.17, 15) is 9.18 Å². The third-order valence-corrected chi connectivity index (χ3v) is 6.14. The Morgan fingerprint density at radius 3 is 2.09 bits per heavy atom. The maximum Gasteiger partial charge on any atom is 0.272 e. The monoisotopic (exact) mass is 434 g/mol. The lowest BCUT2D eigenvalue weighted by atomic mass is 9.92. The van der Waals surface area contributed by atoms with E-state index in [0.29, 0.717) is 18.8 Å². The molecule has 0 radical (unpaired) electrons. The minimum Gasteiger partial charge on any atom is -0.335 e. The van der Waals surface area contributed by atoms with Crippen LogP contribution < -0.4 is 0 Å². The molecule has 32 heavy (non-hydrogen) atoms. The summed E-state index contributed by atoms with van der Waals surface area (Å²) in [5.41, 5.74) is 3.66. The van der Waals surface area contributed by atoms with Gasteiger partial charge in [0.1, 0.15) is 11.5 Å². The number of hydrogen-bond donors (Lipinski definition) is 0. The zero-order chi connectivity index (χ0) is 22.9. The Morgan fingerprint density at radius 2 is 1.53 bits per heavy atom. The third kappa shape index (κ3) is 4.60. The van der Waals surface area contributed by atoms with Crippen LogP contribution in [0.1, 0.15) is 54.1 Å². The van der Waals surface area contributed by atoms with E-state index in [1.165, 1.54) is 17.7 Å². The molecule has 1 fully saturated rings. The number of carbonyl (C=O) groups excluding carboxylic acids is 1. The first kappa shape index (κ1) is 22.2. The SMILES string of the molecule is Cn1nc(C(C)(C)C)cc1C(=O)N1CCN([C@H](c2ccccc2)c2ccc(F)cc2)CC1. The molecular formula is C26H31FN4O. The van der Waals surface area contributed by atoms with Gasteiger partial charge in [0.2, 0.25) is 0 Å². The van der Waals surface area contributed by atoms with E-state index in [0.717, 1.165) is 24.3 Å². The highest BCUT2D eigenvalue weighted by Gasteiger charge is 2.30. The maximum absolute atomic E-state index is 13.5. The molecule has 168 valence electrons. The van der Waals surface area contributed by atoms with Crippen LogP contribution in [-0.4, -0.2) is 51.7 Å². The number of benzene rings is 2. The number of carbonyl (C=O) groups is 1. The van der Waals surface area contributed by atoms with Crippen molar-refractivity contribution in [2.45, 2.75) is 32.2 Å². The fourth-order valence-corrected chi connectivity index (χ4v) is 4.27. The number of rotatable bonds is 4. The van der Waals surface area contributed by atoms with Gasteiger partial charge in [0, 0.05) is 38.6 Å². The van der Waals surface area contributed by atoms with Crippen LogP contribution in [0.25, 0.3) is 0 Å². The molecule has 1 aromatic heterocycles. The predicted octanol–water partition coefficient (Wildman–Crippen LogP) is 4.40. The molecule has 0 unspecified atom stereocenters. The smallest absolute Gasteiger partial charge is 0.272 e. The van der Waals surface area contributed by atoms with Crippen LogP contribution in [0, 0.1) is 5.82 Å². The average Bonchev–Trinajstić information content (AvgIpc) is 3.18. The number of halogens is 1. The average molecular weight is 435 g/mol. The summed E-state index contributed by atoms with van der Waals surface area (Å²) in [6, 6.07) is 19.0. The number of amides is 1. The van der Waals surface area contributed by atoms with Crippen LogP contribution >= 0.6 is 0 Å². The van der Waals surface area contributed by atoms with Gasteiger partial charge in [0.05, 0.1) is 11.7 Å². The van der Waals surface area contributed by atoms with E-state index in [-0.39, 0.29) is 23.2 Å². The lowest BCUT2D eigenvalue weighted by molar-refractivity contribution is 0.0587. The van der Waals surface area contributed by atoms with Crippen molar-refractivity contribution in [1.82, 2.24) is 19.6 Å². The van der Waals surface area contributed by atoms with Crippen molar-refractivity contribution in [2.75, 3.05) is 26.2 Å². The standard InChI is InChI=1S/C26H31FN4O/c1-26(2,3)23-18-22(29(4)28-23)25(32)31-16-14-30(15-17-31)24(19-8-6-5-7-9-19)20-10-12-21(27)13-11-20/h5-13,18,24H,14-17H2,1-4H3/t24-/m1/s1. The number of aromatic nitrogens is 2. The molecule has 0 spiro atoms. The van der Waals surface area contributed by atoms with Crippen LogP contribution in [0.4, 0.5) is 4.39 Å². The molecule has 2 aromatic carbocycles. The second-order valence-electron chi connectivity index (χ2n) is 9.48. The summed E-state index contributed by atoms with van der Waals surface area (Å²) in [5, 5.41) is 4.56. The van der Waals surface area contributed by atoms with Crippen molar-refractivity contribution in [2.24, 2.45) is 7.05 Å². The van der Waals surface area contributed by atoms with Crippen LogP contribution in [0.5, 0.6) is 0 Å². The first-order valence-electron chi connectivity index (χ1n) is 11.1. The van der Waals surface area contributed by atoms with Crippen LogP contribution in [0.2, 0.25) is 0 Å². The van der Waals surface area contributed by atoms with Gasteiger partial charge >= 0.3 is 0 Å². The molecule has 1 atom stereocenters. The van der Waals surface area contributed by atoms with E-state index in [4.69, 9.17) is 0 Å². The molecule has 1 amide bonds. The molecular weight excluding hydrogens is 403 g/mol. The highest BCUT2D eigenvalue weighted by atomic mass is 19.1. The molecule has 0 bridgehead atoms. The topological polar surface area (TPSA) is 41.4 Å². The highest BCUT2D eigenvalue weighted by molar-refractivity contribution is 5.92. The van der Waals surface area contributed by atoms with E-state index in [1.54, 1.807) is 4.68 Å². The minimum atomic E-state index is -0.234. The lowest BCUT2D eigenvalue weighted by Crippen LogP contribution is -2.50. The number of nitrogens with zero attached hydrogens (tertiary/aromatic N) is 4. The molecule has 0 aliphatic carbocycles. The predicted molar refractivity (Wildman–Crippen MR) is 124 cm³/mol. The molecule has 3 aromatic rings. The van der Waals surface area contributed by atoms with Crippen molar-refractivity contribution in [1.29, 1.82) is 0 Å². The van der Waals surface area contributed by atoms with E-state index in [1.807, 2.05) is 48.3 Å². The van der Waals surface area contributed by atoms with Gasteiger partial charge in [0.25, 0.3) is 5.91 Å². The molecule has 1 aliphatic heterocycles. The second-order valence-corrected chi connectivity index (χ2v) is 9.48. The summed E-state index contributed by atoms with van der Waals surface area (Å²) in [6.45, 7) is 9.06. The lowest BCUT2D eigenvalue weighted by Gasteiger charge is -2.39. The Labute approximate surface area is 189 Å². The van der Waals surface area contributed by atoms with Crippen molar-refractivity contribution >= 4 is 5.91 Å². The molecule has 1 aliphatic rings. The Balaban J connectivity index is 1.52. The molecule has 5 nitrogen and oxygen atoms in total. The summed E-state index contributed by atoms with van der Waals surface area (Å²) in [4.78, 5) is 17.5. The maximum atomic E-state index is 13.5. The summed E-state index contributed by atoms with van der Waals surface area (Å²) in [7, 11) is 1.83. The zero-order valence-corrected chi connectivity index (χ0v) is 19.3. The fourth-order valence-electron chi connectivity index (χ4n) is 4.27. The normalized spacial score (nSPS) is 16.2. The van der Waals surface area contributed by atoms with Gasteiger partial charge < -0.3 is 4.90 Å². The zero-order valence-electron chi connectivity index (χ0n) is 19.3. The molecule has 1 saturated heterocycles. The number of hydrogen-bond acceptors (Lipinski definition) is 3. The molecule has 4 rings (SSSR count). The van der Waals surface area contributed by atoms with E-state index in [2.05, 4.69) is 42.9 Å². The van der Waals surface area contributed by atoms with Gasteiger partial charge in [-0.3, -0.25) is 14.4 Å². The molecule has 2 heterocycles. The van der Waals surface area contributed by atoms with Gasteiger partial charge in [-0.1, -0.05) is 63.2 Å². The summed E-state index contributed by atoms with van der Waals surface area (Å²) in [5.74, 6) is -0.213. The quantitative estimate of drug-likeness (QED) is 0.611. The molecule has 6 heteroatoms. The summed E-state index contributed by atoms with van der Waals surface area (Å²) >= 11 is 0. The van der Waals surface area contributed by atoms with E-state index >= 15 is 0 Å². The van der Waals surface area contributed by atoms with Crippen LogP contribution in [0.3, 0.4) is 0 Å². The van der Waals surface area contributed by atoms with E-state index < -0.39 is 0 Å². The molecule has 0 N–H and O–H groups in total. The van der Waals surface area contributed by atoms with Gasteiger partial charge in [-0.2, -0.15) is 5.10 Å². The van der Waals surface area contributed by atoms with Gasteiger partial charge in [-0.05, 0) is 29.3 Å². The molecule has 0 saturated carbocycles. The summed E-state index contributed by atoms with van der Waals surface area (Å²) in [6.07, 6.45) is 0. The first-order valence-corrected chi connectivity index (χ1v) is 11.1. The fraction of sp³-hybridized carbons (Fsp3) is 0.385. The van der Waals surface area contributed by atoms with Gasteiger partial charge in [-0.25, -0.2) is 4.39 Å². The van der Waals surface area contributed by atoms with Crippen LogP contribution in [0.15, 0.2) is 60.7 Å². The van der Waals surface area contributed by atoms with Crippen molar-refractivity contribution in [3.05, 3.63) is 89.0 Å². The first-order chi connectivity index (χ1) is 15.2. The van der Waals surface area contributed by atoms with Crippen molar-refractivity contribution < 1.29 is 9.18 Å². The Hall–Kier alpha value is -2.99. The number of aryl methyl sites for hydroxylation is 1. The third-order valence-electron chi connectivity index (χ3n) is 6.14. The Kier molecular flexibility index (Phi) is 6.15. The van der Waals surface area contributed by atoms with Crippen molar-refractivity contribution in [3.8, 4) is 0 Å². The van der Waals surface area contributed by atoms with Gasteiger partial charge in [-0.15, -0.1) is 0 Å². The Morgan fingerprint density at radius 1 is 0.938 bits per heavy atom. The highest BCUT2D eigenvalue weighted by Crippen LogP contribution is 2.30. The minimum absolute atomic E-state index is 0.0215. The van der Waals surface area contributed by atoms with Crippen LogP contribution in [-0.2, 0) is 12.5 Å². The van der Waals surface area contributed by atoms with Gasteiger partial charge in [0.15, 0.2) is 0 Å². The summed E-state index contributed by atoms with van der Waals surface area (Å²) < 4.78 is 15.2. The van der Waals surface area contributed by atoms with Crippen molar-refractivity contribution in [3.63, 3.8) is 0 Å². The Bertz CT molecular complexity index is 1060. The number of piperazine rings is 1. The second kappa shape index (κ2) is 8.87.